The van der Waals surface area contributed by atoms with Gasteiger partial charge in [0.1, 0.15) is 0 Å². The van der Waals surface area contributed by atoms with Gasteiger partial charge in [0.05, 0.1) is 10.1 Å². The molecule has 3 heterocycles. The van der Waals surface area contributed by atoms with Gasteiger partial charge in [0.15, 0.2) is 17.3 Å². The van der Waals surface area contributed by atoms with Crippen molar-refractivity contribution in [3.63, 3.8) is 0 Å². The zero-order valence-corrected chi connectivity index (χ0v) is 15.5. The summed E-state index contributed by atoms with van der Waals surface area (Å²) in [6.45, 7) is 2.50. The largest absolute Gasteiger partial charge is 0.454 e. The van der Waals surface area contributed by atoms with Gasteiger partial charge in [-0.05, 0) is 36.1 Å². The van der Waals surface area contributed by atoms with E-state index in [4.69, 9.17) is 9.47 Å². The molecule has 0 saturated carbocycles. The first kappa shape index (κ1) is 16.9. The van der Waals surface area contributed by atoms with Gasteiger partial charge < -0.3 is 14.8 Å². The maximum atomic E-state index is 12.3. The number of nitrogens with one attached hydrogen (secondary N) is 2. The average molecular weight is 388 g/mol. The first-order valence-corrected chi connectivity index (χ1v) is 9.74. The highest BCUT2D eigenvalue weighted by molar-refractivity contribution is 8.00. The summed E-state index contributed by atoms with van der Waals surface area (Å²) in [5.41, 5.74) is 0.956. The molecule has 9 heteroatoms. The number of aromatic nitrogens is 3. The summed E-state index contributed by atoms with van der Waals surface area (Å²) in [6.07, 6.45) is 0. The molecule has 1 aliphatic heterocycles. The van der Waals surface area contributed by atoms with Gasteiger partial charge in [-0.3, -0.25) is 9.89 Å². The van der Waals surface area contributed by atoms with Crippen LogP contribution in [0.3, 0.4) is 0 Å². The van der Waals surface area contributed by atoms with Crippen molar-refractivity contribution < 1.29 is 14.3 Å². The second-order valence-corrected chi connectivity index (χ2v) is 7.87. The van der Waals surface area contributed by atoms with E-state index in [1.807, 2.05) is 42.6 Å². The van der Waals surface area contributed by atoms with Crippen molar-refractivity contribution in [3.05, 3.63) is 41.3 Å². The minimum atomic E-state index is -0.309. The van der Waals surface area contributed by atoms with E-state index in [1.54, 1.807) is 11.3 Å². The third-order valence-electron chi connectivity index (χ3n) is 3.77. The normalized spacial score (nSPS) is 13.6. The quantitative estimate of drug-likeness (QED) is 0.631. The number of carbonyl (C=O) groups excluding carboxylic acids is 1. The number of carbonyl (C=O) groups is 1. The molecule has 2 N–H and O–H groups in total. The van der Waals surface area contributed by atoms with Crippen LogP contribution in [-0.2, 0) is 11.3 Å². The summed E-state index contributed by atoms with van der Waals surface area (Å²) in [5, 5.41) is 12.2. The van der Waals surface area contributed by atoms with Crippen LogP contribution in [0.25, 0.3) is 10.7 Å². The molecule has 0 bridgehead atoms. The summed E-state index contributed by atoms with van der Waals surface area (Å²) in [5.74, 6) is 2.08. The van der Waals surface area contributed by atoms with E-state index in [2.05, 4.69) is 20.5 Å². The molecule has 0 saturated heterocycles. The van der Waals surface area contributed by atoms with Gasteiger partial charge in [-0.25, -0.2) is 4.98 Å². The van der Waals surface area contributed by atoms with E-state index in [0.717, 1.165) is 22.0 Å². The van der Waals surface area contributed by atoms with E-state index in [-0.39, 0.29) is 18.0 Å². The average Bonchev–Trinajstić information content (AvgIpc) is 3.39. The number of H-pyrrole nitrogens is 1. The lowest BCUT2D eigenvalue weighted by Crippen LogP contribution is -2.30. The lowest BCUT2D eigenvalue weighted by Gasteiger charge is -2.10. The van der Waals surface area contributed by atoms with Crippen molar-refractivity contribution in [2.45, 2.75) is 23.9 Å². The fraction of sp³-hybridized carbons (Fsp3) is 0.235. The Morgan fingerprint density at radius 2 is 2.27 bits per heavy atom. The van der Waals surface area contributed by atoms with Crippen molar-refractivity contribution >= 4 is 29.0 Å². The highest BCUT2D eigenvalue weighted by Gasteiger charge is 2.18. The Kier molecular flexibility index (Phi) is 4.81. The maximum Gasteiger partial charge on any atom is 0.233 e. The Bertz CT molecular complexity index is 911. The van der Waals surface area contributed by atoms with Crippen LogP contribution in [-0.4, -0.2) is 33.1 Å². The molecule has 1 atom stereocenters. The summed E-state index contributed by atoms with van der Waals surface area (Å²) in [6, 6.07) is 9.57. The molecule has 134 valence electrons. The number of fused-ring (bicyclic) bond motifs is 1. The van der Waals surface area contributed by atoms with Crippen LogP contribution >= 0.6 is 23.1 Å². The molecule has 1 aliphatic rings. The predicted octanol–water partition coefficient (Wildman–Crippen LogP) is 3.06. The van der Waals surface area contributed by atoms with Crippen LogP contribution in [0.1, 0.15) is 12.5 Å². The number of hydrogen-bond acceptors (Lipinski definition) is 7. The lowest BCUT2D eigenvalue weighted by atomic mass is 10.2. The van der Waals surface area contributed by atoms with Gasteiger partial charge >= 0.3 is 0 Å². The van der Waals surface area contributed by atoms with Crippen molar-refractivity contribution in [2.24, 2.45) is 0 Å². The van der Waals surface area contributed by atoms with Gasteiger partial charge in [-0.2, -0.15) is 0 Å². The molecule has 26 heavy (non-hydrogen) atoms. The monoisotopic (exact) mass is 388 g/mol. The lowest BCUT2D eigenvalue weighted by molar-refractivity contribution is -0.120. The first-order chi connectivity index (χ1) is 12.7. The molecule has 0 unspecified atom stereocenters. The Morgan fingerprint density at radius 3 is 3.12 bits per heavy atom. The third-order valence-corrected chi connectivity index (χ3v) is 5.61. The first-order valence-electron chi connectivity index (χ1n) is 7.98. The van der Waals surface area contributed by atoms with Crippen molar-refractivity contribution in [2.75, 3.05) is 6.79 Å². The van der Waals surface area contributed by atoms with Crippen molar-refractivity contribution in [1.82, 2.24) is 20.5 Å². The molecule has 1 aromatic carbocycles. The van der Waals surface area contributed by atoms with E-state index in [0.29, 0.717) is 17.5 Å². The van der Waals surface area contributed by atoms with Gasteiger partial charge in [0, 0.05) is 6.54 Å². The van der Waals surface area contributed by atoms with Crippen LogP contribution in [0.2, 0.25) is 0 Å². The van der Waals surface area contributed by atoms with Crippen molar-refractivity contribution in [1.29, 1.82) is 0 Å². The number of ether oxygens (including phenoxy) is 2. The van der Waals surface area contributed by atoms with Crippen LogP contribution in [0.5, 0.6) is 11.5 Å². The second kappa shape index (κ2) is 7.38. The Labute approximate surface area is 158 Å². The predicted molar refractivity (Wildman–Crippen MR) is 99.4 cm³/mol. The minimum Gasteiger partial charge on any atom is -0.454 e. The Balaban J connectivity index is 1.32. The summed E-state index contributed by atoms with van der Waals surface area (Å²) < 4.78 is 10.6. The number of hydrogen-bond donors (Lipinski definition) is 2. The van der Waals surface area contributed by atoms with Crippen LogP contribution in [0, 0.1) is 0 Å². The van der Waals surface area contributed by atoms with Crippen LogP contribution < -0.4 is 14.8 Å². The smallest absolute Gasteiger partial charge is 0.233 e. The van der Waals surface area contributed by atoms with Gasteiger partial charge in [-0.1, -0.05) is 23.9 Å². The molecular weight excluding hydrogens is 372 g/mol. The number of amides is 1. The second-order valence-electron chi connectivity index (χ2n) is 5.61. The Morgan fingerprint density at radius 1 is 1.38 bits per heavy atom. The Hall–Kier alpha value is -2.52. The molecule has 4 rings (SSSR count). The van der Waals surface area contributed by atoms with Gasteiger partial charge in [0.2, 0.25) is 17.9 Å². The molecule has 0 aliphatic carbocycles. The summed E-state index contributed by atoms with van der Waals surface area (Å²) >= 11 is 2.91. The van der Waals surface area contributed by atoms with Crippen molar-refractivity contribution in [3.8, 4) is 22.2 Å². The number of thioether (sulfide) groups is 1. The molecule has 2 aromatic heterocycles. The minimum absolute atomic E-state index is 0.0739. The van der Waals surface area contributed by atoms with Gasteiger partial charge in [-0.15, -0.1) is 16.4 Å². The maximum absolute atomic E-state index is 12.3. The number of nitrogens with zero attached hydrogens (tertiary/aromatic N) is 2. The molecule has 1 amide bonds. The number of rotatable bonds is 6. The van der Waals surface area contributed by atoms with E-state index in [1.165, 1.54) is 11.8 Å². The van der Waals surface area contributed by atoms with E-state index < -0.39 is 0 Å². The van der Waals surface area contributed by atoms with E-state index in [9.17, 15) is 4.79 Å². The molecule has 7 nitrogen and oxygen atoms in total. The summed E-state index contributed by atoms with van der Waals surface area (Å²) in [7, 11) is 0. The van der Waals surface area contributed by atoms with Gasteiger partial charge in [0.25, 0.3) is 0 Å². The third kappa shape index (κ3) is 3.68. The van der Waals surface area contributed by atoms with Crippen LogP contribution in [0.4, 0.5) is 0 Å². The molecular formula is C17H16N4O3S2. The highest BCUT2D eigenvalue weighted by atomic mass is 32.2. The molecule has 0 fully saturated rings. The molecule has 3 aromatic rings. The molecule has 0 spiro atoms. The standard InChI is InChI=1S/C17H16N4O3S2/c1-10(26-17-19-15(20-21-17)14-3-2-6-25-14)16(22)18-8-11-4-5-12-13(7-11)24-9-23-12/h2-7,10H,8-9H2,1H3,(H,18,22)(H,19,20,21)/t10-/m0/s1. The van der Waals surface area contributed by atoms with Crippen LogP contribution in [0.15, 0.2) is 40.9 Å². The van der Waals surface area contributed by atoms with E-state index >= 15 is 0 Å². The fourth-order valence-corrected chi connectivity index (χ4v) is 3.83. The summed E-state index contributed by atoms with van der Waals surface area (Å²) in [4.78, 5) is 17.8. The zero-order valence-electron chi connectivity index (χ0n) is 13.9. The fourth-order valence-electron chi connectivity index (χ4n) is 2.42. The highest BCUT2D eigenvalue weighted by Crippen LogP contribution is 2.32. The number of aromatic amines is 1. The zero-order chi connectivity index (χ0) is 17.9. The topological polar surface area (TPSA) is 89.1 Å². The SMILES string of the molecule is C[C@H](Sc1n[nH]c(-c2cccs2)n1)C(=O)NCc1ccc2c(c1)OCO2. The molecule has 0 radical (unpaired) electrons. The number of benzene rings is 1. The number of thiophene rings is 1.